The van der Waals surface area contributed by atoms with E-state index in [4.69, 9.17) is 0 Å². The Morgan fingerprint density at radius 3 is 1.44 bits per heavy atom. The van der Waals surface area contributed by atoms with Crippen LogP contribution in [0.5, 0.6) is 0 Å². The minimum Gasteiger partial charge on any atom is -0.341 e. The van der Waals surface area contributed by atoms with Gasteiger partial charge in [0.15, 0.2) is 0 Å². The van der Waals surface area contributed by atoms with E-state index in [-0.39, 0.29) is 0 Å². The Bertz CT molecular complexity index is 2180. The van der Waals surface area contributed by atoms with Gasteiger partial charge in [0.25, 0.3) is 0 Å². The van der Waals surface area contributed by atoms with Crippen LogP contribution in [0, 0.1) is 0 Å². The van der Waals surface area contributed by atoms with Gasteiger partial charge in [-0.2, -0.15) is 0 Å². The van der Waals surface area contributed by atoms with Gasteiger partial charge < -0.3 is 9.13 Å². The Labute approximate surface area is 254 Å². The van der Waals surface area contributed by atoms with Crippen molar-refractivity contribution in [2.45, 2.75) is 46.7 Å². The van der Waals surface area contributed by atoms with Crippen molar-refractivity contribution >= 4 is 67.9 Å². The third-order valence-electron chi connectivity index (χ3n) is 8.88. The van der Waals surface area contributed by atoms with Gasteiger partial charge in [-0.1, -0.05) is 105 Å². The van der Waals surface area contributed by atoms with Crippen molar-refractivity contribution in [1.29, 1.82) is 0 Å². The standard InChI is InChI=1S/C41H38N2/c1-5-42-38-13-9-7-11-33(38)36-26-30(19-23-40(36)42)16-15-29-17-21-32(35(25-29)28(3)4)22-18-31-20-24-41-37(27-31)34-12-8-10-14-39(34)43(41)6-2/h7-28H,5-6H2,1-4H3. The number of hydrogen-bond acceptors (Lipinski definition) is 0. The Kier molecular flexibility index (Phi) is 6.99. The highest BCUT2D eigenvalue weighted by atomic mass is 15.0. The van der Waals surface area contributed by atoms with Gasteiger partial charge >= 0.3 is 0 Å². The molecule has 0 unspecified atom stereocenters. The molecular formula is C41H38N2. The van der Waals surface area contributed by atoms with Crippen molar-refractivity contribution < 1.29 is 0 Å². The molecule has 0 amide bonds. The first kappa shape index (κ1) is 27.0. The SMILES string of the molecule is CCn1c2ccccc2c2cc(C=Cc3ccc(C=Cc4ccc5c(c4)c4ccccc4n5CC)c(C(C)C)c3)ccc21. The largest absolute Gasteiger partial charge is 0.341 e. The number of hydrogen-bond donors (Lipinski definition) is 0. The fourth-order valence-corrected chi connectivity index (χ4v) is 6.76. The van der Waals surface area contributed by atoms with Crippen LogP contribution in [0.25, 0.3) is 67.9 Å². The van der Waals surface area contributed by atoms with E-state index >= 15 is 0 Å². The quantitative estimate of drug-likeness (QED) is 0.172. The number of benzene rings is 5. The van der Waals surface area contributed by atoms with E-state index in [9.17, 15) is 0 Å². The molecule has 0 aliphatic heterocycles. The molecule has 2 aromatic heterocycles. The van der Waals surface area contributed by atoms with E-state index in [1.54, 1.807) is 0 Å². The maximum atomic E-state index is 2.41. The van der Waals surface area contributed by atoms with Crippen LogP contribution in [0.4, 0.5) is 0 Å². The third-order valence-corrected chi connectivity index (χ3v) is 8.88. The lowest BCUT2D eigenvalue weighted by atomic mass is 9.94. The van der Waals surface area contributed by atoms with Gasteiger partial charge in [-0.05, 0) is 84.0 Å². The second-order valence-corrected chi connectivity index (χ2v) is 11.8. The summed E-state index contributed by atoms with van der Waals surface area (Å²) in [5, 5.41) is 5.29. The predicted octanol–water partition coefficient (Wildman–Crippen LogP) is 11.4. The van der Waals surface area contributed by atoms with E-state index in [1.807, 2.05) is 0 Å². The first-order valence-electron chi connectivity index (χ1n) is 15.6. The van der Waals surface area contributed by atoms with Gasteiger partial charge in [0, 0.05) is 56.7 Å². The second kappa shape index (κ2) is 11.1. The first-order valence-corrected chi connectivity index (χ1v) is 15.6. The zero-order valence-electron chi connectivity index (χ0n) is 25.5. The summed E-state index contributed by atoms with van der Waals surface area (Å²) < 4.78 is 4.81. The van der Waals surface area contributed by atoms with Crippen molar-refractivity contribution in [3.63, 3.8) is 0 Å². The molecule has 2 nitrogen and oxygen atoms in total. The van der Waals surface area contributed by atoms with Gasteiger partial charge in [0.2, 0.25) is 0 Å². The van der Waals surface area contributed by atoms with E-state index in [0.717, 1.165) is 13.1 Å². The molecule has 2 heterocycles. The molecule has 7 rings (SSSR count). The molecule has 0 bridgehead atoms. The zero-order chi connectivity index (χ0) is 29.5. The smallest absolute Gasteiger partial charge is 0.0491 e. The average molecular weight is 559 g/mol. The summed E-state index contributed by atoms with van der Waals surface area (Å²) in [7, 11) is 0. The summed E-state index contributed by atoms with van der Waals surface area (Å²) in [6.45, 7) is 10.9. The van der Waals surface area contributed by atoms with Gasteiger partial charge in [0.1, 0.15) is 0 Å². The van der Waals surface area contributed by atoms with Crippen molar-refractivity contribution in [3.05, 3.63) is 131 Å². The molecular weight excluding hydrogens is 520 g/mol. The lowest BCUT2D eigenvalue weighted by Crippen LogP contribution is -1.93. The highest BCUT2D eigenvalue weighted by Gasteiger charge is 2.11. The fraction of sp³-hybridized carbons (Fsp3) is 0.171. The molecule has 212 valence electrons. The summed E-state index contributed by atoms with van der Waals surface area (Å²) in [4.78, 5) is 0. The lowest BCUT2D eigenvalue weighted by Gasteiger charge is -2.11. The predicted molar refractivity (Wildman–Crippen MR) is 189 cm³/mol. The molecule has 0 radical (unpaired) electrons. The van der Waals surface area contributed by atoms with Crippen molar-refractivity contribution in [1.82, 2.24) is 9.13 Å². The molecule has 5 aromatic carbocycles. The molecule has 0 saturated heterocycles. The first-order chi connectivity index (χ1) is 21.1. The summed E-state index contributed by atoms with van der Waals surface area (Å²) in [5.74, 6) is 0.425. The maximum absolute atomic E-state index is 2.41. The molecule has 0 fully saturated rings. The monoisotopic (exact) mass is 558 g/mol. The van der Waals surface area contributed by atoms with Crippen LogP contribution in [0.2, 0.25) is 0 Å². The number of aryl methyl sites for hydroxylation is 2. The van der Waals surface area contributed by atoms with Crippen LogP contribution in [0.15, 0.2) is 103 Å². The van der Waals surface area contributed by atoms with Crippen molar-refractivity contribution in [3.8, 4) is 0 Å². The highest BCUT2D eigenvalue weighted by molar-refractivity contribution is 6.09. The summed E-state index contributed by atoms with van der Waals surface area (Å²) >= 11 is 0. The molecule has 0 atom stereocenters. The van der Waals surface area contributed by atoms with Crippen LogP contribution in [-0.2, 0) is 13.1 Å². The molecule has 0 saturated carbocycles. The molecule has 0 N–H and O–H groups in total. The molecule has 0 aliphatic carbocycles. The van der Waals surface area contributed by atoms with E-state index in [1.165, 1.54) is 71.4 Å². The van der Waals surface area contributed by atoms with Gasteiger partial charge in [-0.15, -0.1) is 0 Å². The third kappa shape index (κ3) is 4.77. The topological polar surface area (TPSA) is 9.86 Å². The number of nitrogens with zero attached hydrogens (tertiary/aromatic N) is 2. The van der Waals surface area contributed by atoms with Crippen LogP contribution >= 0.6 is 0 Å². The minimum atomic E-state index is 0.425. The van der Waals surface area contributed by atoms with Gasteiger partial charge in [-0.3, -0.25) is 0 Å². The Morgan fingerprint density at radius 1 is 0.488 bits per heavy atom. The summed E-state index contributed by atoms with van der Waals surface area (Å²) in [5.41, 5.74) is 11.5. The highest BCUT2D eigenvalue weighted by Crippen LogP contribution is 2.32. The molecule has 7 aromatic rings. The number of para-hydroxylation sites is 2. The number of fused-ring (bicyclic) bond motifs is 6. The summed E-state index contributed by atoms with van der Waals surface area (Å²) in [6, 6.07) is 38.0. The molecule has 0 spiro atoms. The fourth-order valence-electron chi connectivity index (χ4n) is 6.76. The van der Waals surface area contributed by atoms with Crippen LogP contribution in [0.1, 0.15) is 61.4 Å². The lowest BCUT2D eigenvalue weighted by molar-refractivity contribution is 0.827. The van der Waals surface area contributed by atoms with Gasteiger partial charge in [0.05, 0.1) is 0 Å². The zero-order valence-corrected chi connectivity index (χ0v) is 25.5. The Balaban J connectivity index is 1.19. The Morgan fingerprint density at radius 2 is 0.930 bits per heavy atom. The second-order valence-electron chi connectivity index (χ2n) is 11.8. The molecule has 0 aliphatic rings. The molecule has 43 heavy (non-hydrogen) atoms. The van der Waals surface area contributed by atoms with Crippen LogP contribution in [-0.4, -0.2) is 9.13 Å². The van der Waals surface area contributed by atoms with E-state index in [0.29, 0.717) is 5.92 Å². The minimum absolute atomic E-state index is 0.425. The average Bonchev–Trinajstić information content (AvgIpc) is 3.54. The van der Waals surface area contributed by atoms with Gasteiger partial charge in [-0.25, -0.2) is 0 Å². The summed E-state index contributed by atoms with van der Waals surface area (Å²) in [6.07, 6.45) is 9.03. The number of aromatic nitrogens is 2. The van der Waals surface area contributed by atoms with Crippen LogP contribution in [0.3, 0.4) is 0 Å². The number of rotatable bonds is 7. The Hall–Kier alpha value is -4.82. The van der Waals surface area contributed by atoms with Crippen molar-refractivity contribution in [2.75, 3.05) is 0 Å². The van der Waals surface area contributed by atoms with Crippen molar-refractivity contribution in [2.24, 2.45) is 0 Å². The maximum Gasteiger partial charge on any atom is 0.0491 e. The van der Waals surface area contributed by atoms with E-state index in [2.05, 4.69) is 164 Å². The molecule has 2 heteroatoms. The normalized spacial score (nSPS) is 12.4. The van der Waals surface area contributed by atoms with Crippen LogP contribution < -0.4 is 0 Å². The van der Waals surface area contributed by atoms with E-state index < -0.39 is 0 Å².